The summed E-state index contributed by atoms with van der Waals surface area (Å²) >= 11 is 0. The fourth-order valence-electron chi connectivity index (χ4n) is 4.91. The van der Waals surface area contributed by atoms with Crippen molar-refractivity contribution in [3.63, 3.8) is 0 Å². The van der Waals surface area contributed by atoms with Crippen LogP contribution in [0, 0.1) is 5.92 Å². The van der Waals surface area contributed by atoms with Crippen LogP contribution in [0.25, 0.3) is 11.0 Å². The largest absolute Gasteiger partial charge is 0.349 e. The first-order valence-electron chi connectivity index (χ1n) is 12.3. The molecule has 2 heterocycles. The van der Waals surface area contributed by atoms with Crippen molar-refractivity contribution < 1.29 is 4.79 Å². The van der Waals surface area contributed by atoms with E-state index >= 15 is 0 Å². The summed E-state index contributed by atoms with van der Waals surface area (Å²) in [5.74, 6) is 1.23. The van der Waals surface area contributed by atoms with Crippen LogP contribution >= 0.6 is 0 Å². The number of benzene rings is 3. The standard InChI is InChI=1S/C29H32N4O/c1-22(24-12-6-3-7-13-24)30-28(34)25-17-19-32(20-18-25)29-31-26-14-8-9-15-27(26)33(29)21-16-23-10-4-2-5-11-23/h2-15,22,25H,16-21H2,1H3,(H,30,34)/t22-/m1/s1. The zero-order chi connectivity index (χ0) is 23.3. The Labute approximate surface area is 201 Å². The van der Waals surface area contributed by atoms with Crippen molar-refractivity contribution in [3.05, 3.63) is 96.1 Å². The van der Waals surface area contributed by atoms with Gasteiger partial charge in [0, 0.05) is 25.6 Å². The highest BCUT2D eigenvalue weighted by molar-refractivity contribution is 5.80. The molecular formula is C29H32N4O. The Morgan fingerprint density at radius 3 is 2.32 bits per heavy atom. The van der Waals surface area contributed by atoms with E-state index in [1.54, 1.807) is 0 Å². The van der Waals surface area contributed by atoms with Crippen LogP contribution in [0.5, 0.6) is 0 Å². The molecule has 0 radical (unpaired) electrons. The highest BCUT2D eigenvalue weighted by Gasteiger charge is 2.28. The van der Waals surface area contributed by atoms with E-state index < -0.39 is 0 Å². The van der Waals surface area contributed by atoms with Crippen LogP contribution in [-0.2, 0) is 17.8 Å². The Hall–Kier alpha value is -3.60. The fourth-order valence-corrected chi connectivity index (χ4v) is 4.91. The van der Waals surface area contributed by atoms with Gasteiger partial charge in [-0.15, -0.1) is 0 Å². The second kappa shape index (κ2) is 10.1. The highest BCUT2D eigenvalue weighted by atomic mass is 16.1. The number of nitrogens with one attached hydrogen (secondary N) is 1. The number of amides is 1. The number of para-hydroxylation sites is 2. The van der Waals surface area contributed by atoms with Crippen LogP contribution in [0.15, 0.2) is 84.9 Å². The molecule has 0 spiro atoms. The average Bonchev–Trinajstić information content (AvgIpc) is 3.27. The van der Waals surface area contributed by atoms with E-state index in [9.17, 15) is 4.79 Å². The summed E-state index contributed by atoms with van der Waals surface area (Å²) in [5, 5.41) is 3.21. The zero-order valence-corrected chi connectivity index (χ0v) is 19.7. The molecule has 5 nitrogen and oxygen atoms in total. The molecule has 1 aromatic heterocycles. The Morgan fingerprint density at radius 1 is 0.941 bits per heavy atom. The van der Waals surface area contributed by atoms with Crippen LogP contribution < -0.4 is 10.2 Å². The minimum Gasteiger partial charge on any atom is -0.349 e. The normalized spacial score (nSPS) is 15.4. The summed E-state index contributed by atoms with van der Waals surface area (Å²) in [6.07, 6.45) is 2.65. The molecule has 174 valence electrons. The molecule has 0 saturated carbocycles. The van der Waals surface area contributed by atoms with Crippen molar-refractivity contribution >= 4 is 22.9 Å². The molecule has 3 aromatic carbocycles. The number of imidazole rings is 1. The molecule has 0 unspecified atom stereocenters. The number of rotatable bonds is 7. The van der Waals surface area contributed by atoms with Gasteiger partial charge >= 0.3 is 0 Å². The minimum atomic E-state index is 0.0221. The number of carbonyl (C=O) groups excluding carboxylic acids is 1. The van der Waals surface area contributed by atoms with Crippen molar-refractivity contribution in [3.8, 4) is 0 Å². The molecule has 5 heteroatoms. The number of nitrogens with zero attached hydrogens (tertiary/aromatic N) is 3. The Kier molecular flexibility index (Phi) is 6.61. The molecule has 5 rings (SSSR count). The first kappa shape index (κ1) is 22.2. The SMILES string of the molecule is C[C@@H](NC(=O)C1CCN(c2nc3ccccc3n2CCc2ccccc2)CC1)c1ccccc1. The van der Waals surface area contributed by atoms with Crippen molar-refractivity contribution in [2.45, 2.75) is 38.8 Å². The van der Waals surface area contributed by atoms with E-state index in [1.165, 1.54) is 11.1 Å². The zero-order valence-electron chi connectivity index (χ0n) is 19.7. The lowest BCUT2D eigenvalue weighted by molar-refractivity contribution is -0.126. The topological polar surface area (TPSA) is 50.2 Å². The van der Waals surface area contributed by atoms with Crippen molar-refractivity contribution in [2.75, 3.05) is 18.0 Å². The van der Waals surface area contributed by atoms with Crippen LogP contribution in [0.4, 0.5) is 5.95 Å². The maximum Gasteiger partial charge on any atom is 0.223 e. The Bertz CT molecular complexity index is 1230. The van der Waals surface area contributed by atoms with E-state index in [2.05, 4.69) is 82.4 Å². The molecule has 0 aliphatic carbocycles. The summed E-state index contributed by atoms with van der Waals surface area (Å²) in [7, 11) is 0. The molecule has 4 aromatic rings. The third-order valence-corrected chi connectivity index (χ3v) is 6.91. The highest BCUT2D eigenvalue weighted by Crippen LogP contribution is 2.28. The molecule has 1 fully saturated rings. The quantitative estimate of drug-likeness (QED) is 0.410. The van der Waals surface area contributed by atoms with Gasteiger partial charge in [0.05, 0.1) is 17.1 Å². The van der Waals surface area contributed by atoms with Crippen LogP contribution in [0.3, 0.4) is 0 Å². The number of hydrogen-bond donors (Lipinski definition) is 1. The third-order valence-electron chi connectivity index (χ3n) is 6.91. The predicted molar refractivity (Wildman–Crippen MR) is 138 cm³/mol. The van der Waals surface area contributed by atoms with Gasteiger partial charge < -0.3 is 14.8 Å². The average molecular weight is 453 g/mol. The maximum atomic E-state index is 12.9. The number of aromatic nitrogens is 2. The van der Waals surface area contributed by atoms with Gasteiger partial charge in [0.2, 0.25) is 11.9 Å². The van der Waals surface area contributed by atoms with Gasteiger partial charge in [-0.25, -0.2) is 4.98 Å². The second-order valence-electron chi connectivity index (χ2n) is 9.19. The second-order valence-corrected chi connectivity index (χ2v) is 9.19. The molecule has 0 bridgehead atoms. The van der Waals surface area contributed by atoms with Gasteiger partial charge in [-0.2, -0.15) is 0 Å². The fraction of sp³-hybridized carbons (Fsp3) is 0.310. The van der Waals surface area contributed by atoms with Crippen LogP contribution in [0.1, 0.15) is 36.9 Å². The number of piperidine rings is 1. The molecule has 1 saturated heterocycles. The molecule has 1 amide bonds. The number of hydrogen-bond acceptors (Lipinski definition) is 3. The van der Waals surface area contributed by atoms with E-state index in [1.807, 2.05) is 24.3 Å². The minimum absolute atomic E-state index is 0.0221. The van der Waals surface area contributed by atoms with Gasteiger partial charge in [-0.1, -0.05) is 72.8 Å². The smallest absolute Gasteiger partial charge is 0.223 e. The molecule has 1 aliphatic heterocycles. The van der Waals surface area contributed by atoms with E-state index in [4.69, 9.17) is 4.98 Å². The summed E-state index contributed by atoms with van der Waals surface area (Å²) in [5.41, 5.74) is 4.67. The van der Waals surface area contributed by atoms with Gasteiger partial charge in [-0.05, 0) is 49.4 Å². The van der Waals surface area contributed by atoms with Crippen molar-refractivity contribution in [1.82, 2.24) is 14.9 Å². The first-order chi connectivity index (χ1) is 16.7. The van der Waals surface area contributed by atoms with E-state index in [-0.39, 0.29) is 17.9 Å². The maximum absolute atomic E-state index is 12.9. The van der Waals surface area contributed by atoms with Crippen LogP contribution in [-0.4, -0.2) is 28.5 Å². The van der Waals surface area contributed by atoms with E-state index in [0.29, 0.717) is 0 Å². The molecule has 1 aliphatic rings. The predicted octanol–water partition coefficient (Wildman–Crippen LogP) is 5.37. The van der Waals surface area contributed by atoms with Gasteiger partial charge in [-0.3, -0.25) is 4.79 Å². The van der Waals surface area contributed by atoms with Gasteiger partial charge in [0.15, 0.2) is 0 Å². The Balaban J connectivity index is 1.26. The van der Waals surface area contributed by atoms with Gasteiger partial charge in [0.1, 0.15) is 0 Å². The van der Waals surface area contributed by atoms with Crippen molar-refractivity contribution in [1.29, 1.82) is 0 Å². The summed E-state index contributed by atoms with van der Waals surface area (Å²) in [4.78, 5) is 20.3. The number of carbonyl (C=O) groups is 1. The summed E-state index contributed by atoms with van der Waals surface area (Å²) in [6, 6.07) is 29.2. The molecular weight excluding hydrogens is 420 g/mol. The first-order valence-corrected chi connectivity index (χ1v) is 12.3. The lowest BCUT2D eigenvalue weighted by Crippen LogP contribution is -2.42. The van der Waals surface area contributed by atoms with E-state index in [0.717, 1.165) is 55.9 Å². The molecule has 1 N–H and O–H groups in total. The summed E-state index contributed by atoms with van der Waals surface area (Å²) < 4.78 is 2.35. The molecule has 1 atom stereocenters. The molecule has 34 heavy (non-hydrogen) atoms. The van der Waals surface area contributed by atoms with Crippen molar-refractivity contribution in [2.24, 2.45) is 5.92 Å². The number of aryl methyl sites for hydroxylation is 2. The Morgan fingerprint density at radius 2 is 1.59 bits per heavy atom. The lowest BCUT2D eigenvalue weighted by atomic mass is 9.95. The number of fused-ring (bicyclic) bond motifs is 1. The van der Waals surface area contributed by atoms with Gasteiger partial charge in [0.25, 0.3) is 0 Å². The third kappa shape index (κ3) is 4.84. The van der Waals surface area contributed by atoms with Crippen LogP contribution in [0.2, 0.25) is 0 Å². The number of anilines is 1. The monoisotopic (exact) mass is 452 g/mol. The lowest BCUT2D eigenvalue weighted by Gasteiger charge is -2.33. The summed E-state index contributed by atoms with van der Waals surface area (Å²) in [6.45, 7) is 4.62.